The molecule has 15 heavy (non-hydrogen) atoms. The summed E-state index contributed by atoms with van der Waals surface area (Å²) >= 11 is 0. The van der Waals surface area contributed by atoms with E-state index in [4.69, 9.17) is 0 Å². The molecule has 1 rings (SSSR count). The molecule has 1 saturated carbocycles. The van der Waals surface area contributed by atoms with E-state index in [1.165, 1.54) is 6.92 Å². The Hall–Kier alpha value is -1.06. The Morgan fingerprint density at radius 1 is 1.27 bits per heavy atom. The van der Waals surface area contributed by atoms with E-state index in [0.717, 1.165) is 25.7 Å². The molecule has 1 aliphatic carbocycles. The standard InChI is InChI=1S/C11H20N2O2/c1-8(14)13-10-6-4-3-5-9(10)7-11(15)12-2/h9-10H,3-7H2,1-2H3,(H,12,15)(H,13,14). The van der Waals surface area contributed by atoms with Gasteiger partial charge in [-0.1, -0.05) is 12.8 Å². The van der Waals surface area contributed by atoms with Crippen molar-refractivity contribution >= 4 is 11.8 Å². The molecule has 0 radical (unpaired) electrons. The van der Waals surface area contributed by atoms with Gasteiger partial charge in [-0.2, -0.15) is 0 Å². The molecule has 0 aromatic rings. The number of hydrogen-bond acceptors (Lipinski definition) is 2. The normalized spacial score (nSPS) is 25.7. The predicted molar refractivity (Wildman–Crippen MR) is 58.2 cm³/mol. The molecule has 2 amide bonds. The van der Waals surface area contributed by atoms with E-state index in [0.29, 0.717) is 12.3 Å². The molecular weight excluding hydrogens is 192 g/mol. The van der Waals surface area contributed by atoms with Crippen LogP contribution in [-0.4, -0.2) is 24.9 Å². The molecule has 0 aromatic heterocycles. The van der Waals surface area contributed by atoms with Crippen molar-refractivity contribution in [3.63, 3.8) is 0 Å². The summed E-state index contributed by atoms with van der Waals surface area (Å²) in [6.07, 6.45) is 4.88. The molecule has 86 valence electrons. The molecule has 2 unspecified atom stereocenters. The predicted octanol–water partition coefficient (Wildman–Crippen LogP) is 0.817. The molecule has 0 heterocycles. The van der Waals surface area contributed by atoms with Crippen LogP contribution < -0.4 is 10.6 Å². The highest BCUT2D eigenvalue weighted by atomic mass is 16.2. The van der Waals surface area contributed by atoms with Gasteiger partial charge >= 0.3 is 0 Å². The lowest BCUT2D eigenvalue weighted by molar-refractivity contribution is -0.124. The summed E-state index contributed by atoms with van der Waals surface area (Å²) in [7, 11) is 1.65. The molecule has 0 saturated heterocycles. The smallest absolute Gasteiger partial charge is 0.220 e. The third kappa shape index (κ3) is 3.90. The van der Waals surface area contributed by atoms with Crippen LogP contribution in [0, 0.1) is 5.92 Å². The third-order valence-electron chi connectivity index (χ3n) is 3.02. The number of carbonyl (C=O) groups is 2. The van der Waals surface area contributed by atoms with Crippen LogP contribution in [0.3, 0.4) is 0 Å². The van der Waals surface area contributed by atoms with E-state index >= 15 is 0 Å². The summed E-state index contributed by atoms with van der Waals surface area (Å²) < 4.78 is 0. The van der Waals surface area contributed by atoms with Crippen LogP contribution in [0.1, 0.15) is 39.0 Å². The number of amides is 2. The molecule has 0 aliphatic heterocycles. The summed E-state index contributed by atoms with van der Waals surface area (Å²) in [5, 5.41) is 5.58. The van der Waals surface area contributed by atoms with Gasteiger partial charge in [0.05, 0.1) is 0 Å². The fourth-order valence-corrected chi connectivity index (χ4v) is 2.24. The maximum absolute atomic E-state index is 11.3. The van der Waals surface area contributed by atoms with Crippen molar-refractivity contribution in [2.45, 2.75) is 45.1 Å². The zero-order valence-corrected chi connectivity index (χ0v) is 9.51. The largest absolute Gasteiger partial charge is 0.359 e. The Bertz CT molecular complexity index is 241. The fraction of sp³-hybridized carbons (Fsp3) is 0.818. The van der Waals surface area contributed by atoms with Crippen LogP contribution in [0.15, 0.2) is 0 Å². The number of carbonyl (C=O) groups excluding carboxylic acids is 2. The zero-order valence-electron chi connectivity index (χ0n) is 9.51. The lowest BCUT2D eigenvalue weighted by atomic mass is 9.82. The van der Waals surface area contributed by atoms with Crippen LogP contribution in [0.5, 0.6) is 0 Å². The van der Waals surface area contributed by atoms with Gasteiger partial charge in [-0.25, -0.2) is 0 Å². The maximum Gasteiger partial charge on any atom is 0.220 e. The Kier molecular flexibility index (Phi) is 4.59. The van der Waals surface area contributed by atoms with Gasteiger partial charge in [0.15, 0.2) is 0 Å². The van der Waals surface area contributed by atoms with E-state index in [9.17, 15) is 9.59 Å². The minimum Gasteiger partial charge on any atom is -0.359 e. The summed E-state index contributed by atoms with van der Waals surface area (Å²) in [4.78, 5) is 22.3. The lowest BCUT2D eigenvalue weighted by Gasteiger charge is -2.31. The molecule has 0 aromatic carbocycles. The average molecular weight is 212 g/mol. The summed E-state index contributed by atoms with van der Waals surface area (Å²) in [5.74, 6) is 0.378. The first-order valence-corrected chi connectivity index (χ1v) is 5.61. The second kappa shape index (κ2) is 5.73. The van der Waals surface area contributed by atoms with E-state index in [1.54, 1.807) is 7.05 Å². The van der Waals surface area contributed by atoms with Crippen molar-refractivity contribution in [3.05, 3.63) is 0 Å². The first-order chi connectivity index (χ1) is 7.13. The number of nitrogens with one attached hydrogen (secondary N) is 2. The van der Waals surface area contributed by atoms with Crippen molar-refractivity contribution in [1.29, 1.82) is 0 Å². The first kappa shape index (κ1) is 12.0. The van der Waals surface area contributed by atoms with Gasteiger partial charge < -0.3 is 10.6 Å². The fourth-order valence-electron chi connectivity index (χ4n) is 2.24. The second-order valence-corrected chi connectivity index (χ2v) is 4.23. The number of rotatable bonds is 3. The summed E-state index contributed by atoms with van der Waals surface area (Å²) in [5.41, 5.74) is 0. The molecule has 2 atom stereocenters. The van der Waals surface area contributed by atoms with E-state index in [-0.39, 0.29) is 17.9 Å². The topological polar surface area (TPSA) is 58.2 Å². The minimum atomic E-state index is 0.00352. The highest BCUT2D eigenvalue weighted by molar-refractivity contribution is 5.76. The van der Waals surface area contributed by atoms with Gasteiger partial charge in [0.2, 0.25) is 11.8 Å². The Morgan fingerprint density at radius 3 is 2.53 bits per heavy atom. The van der Waals surface area contributed by atoms with Gasteiger partial charge in [-0.15, -0.1) is 0 Å². The highest BCUT2D eigenvalue weighted by Gasteiger charge is 2.27. The van der Waals surface area contributed by atoms with Crippen molar-refractivity contribution in [2.75, 3.05) is 7.05 Å². The lowest BCUT2D eigenvalue weighted by Crippen LogP contribution is -2.42. The minimum absolute atomic E-state index is 0.00352. The maximum atomic E-state index is 11.3. The zero-order chi connectivity index (χ0) is 11.3. The van der Waals surface area contributed by atoms with Crippen molar-refractivity contribution in [3.8, 4) is 0 Å². The summed E-state index contributed by atoms with van der Waals surface area (Å²) in [6.45, 7) is 1.53. The molecule has 2 N–H and O–H groups in total. The van der Waals surface area contributed by atoms with Gasteiger partial charge in [-0.3, -0.25) is 9.59 Å². The van der Waals surface area contributed by atoms with Crippen molar-refractivity contribution < 1.29 is 9.59 Å². The van der Waals surface area contributed by atoms with Gasteiger partial charge in [-0.05, 0) is 18.8 Å². The molecule has 1 aliphatic rings. The third-order valence-corrected chi connectivity index (χ3v) is 3.02. The Balaban J connectivity index is 2.49. The van der Waals surface area contributed by atoms with Crippen LogP contribution in [0.4, 0.5) is 0 Å². The van der Waals surface area contributed by atoms with Crippen LogP contribution >= 0.6 is 0 Å². The monoisotopic (exact) mass is 212 g/mol. The second-order valence-electron chi connectivity index (χ2n) is 4.23. The van der Waals surface area contributed by atoms with E-state index < -0.39 is 0 Å². The Morgan fingerprint density at radius 2 is 1.93 bits per heavy atom. The SMILES string of the molecule is CNC(=O)CC1CCCCC1NC(C)=O. The molecule has 0 spiro atoms. The molecule has 4 nitrogen and oxygen atoms in total. The van der Waals surface area contributed by atoms with Crippen LogP contribution in [0.25, 0.3) is 0 Å². The average Bonchev–Trinajstić information content (AvgIpc) is 2.20. The van der Waals surface area contributed by atoms with Gasteiger partial charge in [0.1, 0.15) is 0 Å². The van der Waals surface area contributed by atoms with Gasteiger partial charge in [0, 0.05) is 26.4 Å². The molecular formula is C11H20N2O2. The Labute approximate surface area is 90.8 Å². The molecule has 1 fully saturated rings. The van der Waals surface area contributed by atoms with Crippen molar-refractivity contribution in [1.82, 2.24) is 10.6 Å². The molecule has 0 bridgehead atoms. The highest BCUT2D eigenvalue weighted by Crippen LogP contribution is 2.26. The van der Waals surface area contributed by atoms with E-state index in [2.05, 4.69) is 10.6 Å². The summed E-state index contributed by atoms with van der Waals surface area (Å²) in [6, 6.07) is 0.188. The molecule has 4 heteroatoms. The van der Waals surface area contributed by atoms with Crippen LogP contribution in [-0.2, 0) is 9.59 Å². The van der Waals surface area contributed by atoms with Crippen LogP contribution in [0.2, 0.25) is 0 Å². The van der Waals surface area contributed by atoms with Crippen molar-refractivity contribution in [2.24, 2.45) is 5.92 Å². The van der Waals surface area contributed by atoms with E-state index in [1.807, 2.05) is 0 Å². The number of hydrogen-bond donors (Lipinski definition) is 2. The quantitative estimate of drug-likeness (QED) is 0.727. The van der Waals surface area contributed by atoms with Gasteiger partial charge in [0.25, 0.3) is 0 Å². The first-order valence-electron chi connectivity index (χ1n) is 5.61.